The average molecular weight is 329 g/mol. The molecule has 0 N–H and O–H groups in total. The monoisotopic (exact) mass is 328 g/mol. The van der Waals surface area contributed by atoms with Gasteiger partial charge in [0.2, 0.25) is 0 Å². The Bertz CT molecular complexity index is 349. The van der Waals surface area contributed by atoms with Crippen molar-refractivity contribution >= 4 is 23.2 Å². The maximum Gasteiger partial charge on any atom is 0.0437 e. The normalized spacial score (nSPS) is 11.0. The van der Waals surface area contributed by atoms with Gasteiger partial charge in [-0.2, -0.15) is 0 Å². The van der Waals surface area contributed by atoms with Crippen LogP contribution >= 0.6 is 23.2 Å². The third kappa shape index (κ3) is 10.2. The van der Waals surface area contributed by atoms with Crippen LogP contribution in [0.5, 0.6) is 0 Å². The van der Waals surface area contributed by atoms with E-state index in [2.05, 4.69) is 12.1 Å². The predicted octanol–water partition coefficient (Wildman–Crippen LogP) is 7.41. The molecular weight excluding hydrogens is 299 g/mol. The van der Waals surface area contributed by atoms with Crippen LogP contribution in [0.4, 0.5) is 0 Å². The topological polar surface area (TPSA) is 0 Å². The highest BCUT2D eigenvalue weighted by molar-refractivity contribution is 6.31. The van der Waals surface area contributed by atoms with Crippen molar-refractivity contribution < 1.29 is 0 Å². The molecule has 1 rings (SSSR count). The largest absolute Gasteiger partial charge is 0.127 e. The first-order valence-electron chi connectivity index (χ1n) is 8.64. The van der Waals surface area contributed by atoms with E-state index in [1.165, 1.54) is 76.2 Å². The van der Waals surface area contributed by atoms with Gasteiger partial charge in [-0.1, -0.05) is 87.6 Å². The van der Waals surface area contributed by atoms with Crippen LogP contribution in [0.25, 0.3) is 0 Å². The number of alkyl halides is 1. The van der Waals surface area contributed by atoms with Gasteiger partial charge in [-0.05, 0) is 30.9 Å². The van der Waals surface area contributed by atoms with E-state index < -0.39 is 0 Å². The molecule has 1 aromatic carbocycles. The van der Waals surface area contributed by atoms with E-state index >= 15 is 0 Å². The van der Waals surface area contributed by atoms with Gasteiger partial charge in [-0.15, -0.1) is 11.6 Å². The van der Waals surface area contributed by atoms with Crippen LogP contribution in [0.3, 0.4) is 0 Å². The van der Waals surface area contributed by atoms with Crippen molar-refractivity contribution in [2.45, 2.75) is 77.0 Å². The van der Waals surface area contributed by atoms with Gasteiger partial charge in [0.1, 0.15) is 0 Å². The van der Waals surface area contributed by atoms with E-state index in [-0.39, 0.29) is 0 Å². The summed E-state index contributed by atoms with van der Waals surface area (Å²) in [5, 5.41) is 0.923. The molecular formula is C19H30Cl2. The summed E-state index contributed by atoms with van der Waals surface area (Å²) >= 11 is 11.8. The zero-order valence-electron chi connectivity index (χ0n) is 13.3. The summed E-state index contributed by atoms with van der Waals surface area (Å²) in [6.07, 6.45) is 16.0. The smallest absolute Gasteiger partial charge is 0.0437 e. The third-order valence-corrected chi connectivity index (χ3v) is 4.67. The second-order valence-electron chi connectivity index (χ2n) is 5.92. The Morgan fingerprint density at radius 3 is 1.62 bits per heavy atom. The van der Waals surface area contributed by atoms with Crippen LogP contribution in [0.15, 0.2) is 24.3 Å². The average Bonchev–Trinajstić information content (AvgIpc) is 2.50. The van der Waals surface area contributed by atoms with Gasteiger partial charge >= 0.3 is 0 Å². The molecule has 0 aliphatic heterocycles. The van der Waals surface area contributed by atoms with Crippen LogP contribution in [-0.2, 0) is 6.42 Å². The molecule has 0 radical (unpaired) electrons. The van der Waals surface area contributed by atoms with Gasteiger partial charge in [0.05, 0.1) is 0 Å². The van der Waals surface area contributed by atoms with Gasteiger partial charge in [0.15, 0.2) is 0 Å². The molecule has 0 aliphatic rings. The van der Waals surface area contributed by atoms with E-state index in [1.54, 1.807) is 0 Å². The highest BCUT2D eigenvalue weighted by Crippen LogP contribution is 2.18. The van der Waals surface area contributed by atoms with E-state index in [0.29, 0.717) is 0 Å². The molecule has 0 unspecified atom stereocenters. The molecule has 0 saturated carbocycles. The maximum atomic E-state index is 6.16. The number of benzene rings is 1. The summed E-state index contributed by atoms with van der Waals surface area (Å²) in [4.78, 5) is 0. The molecule has 2 heteroatoms. The molecule has 1 aromatic rings. The van der Waals surface area contributed by atoms with Crippen molar-refractivity contribution in [3.63, 3.8) is 0 Å². The number of rotatable bonds is 13. The molecule has 0 nitrogen and oxygen atoms in total. The summed E-state index contributed by atoms with van der Waals surface area (Å²) in [5.41, 5.74) is 1.30. The minimum atomic E-state index is 0.828. The van der Waals surface area contributed by atoms with Crippen molar-refractivity contribution in [1.29, 1.82) is 0 Å². The first-order chi connectivity index (χ1) is 10.3. The molecule has 0 aliphatic carbocycles. The predicted molar refractivity (Wildman–Crippen MR) is 96.7 cm³/mol. The Morgan fingerprint density at radius 1 is 0.619 bits per heavy atom. The minimum Gasteiger partial charge on any atom is -0.127 e. The van der Waals surface area contributed by atoms with Crippen molar-refractivity contribution in [2.24, 2.45) is 0 Å². The number of hydrogen-bond donors (Lipinski definition) is 0. The van der Waals surface area contributed by atoms with E-state index in [1.807, 2.05) is 12.1 Å². The van der Waals surface area contributed by atoms with Crippen molar-refractivity contribution in [2.75, 3.05) is 5.88 Å². The van der Waals surface area contributed by atoms with Gasteiger partial charge in [-0.25, -0.2) is 0 Å². The Kier molecular flexibility index (Phi) is 12.1. The summed E-state index contributed by atoms with van der Waals surface area (Å²) in [5.74, 6) is 0.828. The van der Waals surface area contributed by atoms with Crippen molar-refractivity contribution in [3.8, 4) is 0 Å². The summed E-state index contributed by atoms with van der Waals surface area (Å²) in [7, 11) is 0. The van der Waals surface area contributed by atoms with Gasteiger partial charge in [0.25, 0.3) is 0 Å². The second-order valence-corrected chi connectivity index (χ2v) is 6.70. The van der Waals surface area contributed by atoms with Gasteiger partial charge in [-0.3, -0.25) is 0 Å². The third-order valence-electron chi connectivity index (χ3n) is 4.04. The molecule has 0 saturated heterocycles. The van der Waals surface area contributed by atoms with E-state index in [0.717, 1.165) is 17.3 Å². The number of hydrogen-bond acceptors (Lipinski definition) is 0. The Labute approximate surface area is 141 Å². The number of halogens is 2. The first kappa shape index (κ1) is 18.8. The van der Waals surface area contributed by atoms with Crippen molar-refractivity contribution in [1.82, 2.24) is 0 Å². The van der Waals surface area contributed by atoms with Gasteiger partial charge < -0.3 is 0 Å². The number of unbranched alkanes of at least 4 members (excludes halogenated alkanes) is 10. The lowest BCUT2D eigenvalue weighted by Gasteiger charge is -2.04. The van der Waals surface area contributed by atoms with E-state index in [4.69, 9.17) is 23.2 Å². The Hall–Kier alpha value is -0.200. The Morgan fingerprint density at radius 2 is 1.10 bits per heavy atom. The highest BCUT2D eigenvalue weighted by Gasteiger charge is 1.98. The van der Waals surface area contributed by atoms with Crippen LogP contribution in [-0.4, -0.2) is 5.88 Å². The molecule has 0 fully saturated rings. The van der Waals surface area contributed by atoms with Crippen LogP contribution in [0.2, 0.25) is 5.02 Å². The zero-order valence-corrected chi connectivity index (χ0v) is 14.8. The van der Waals surface area contributed by atoms with Crippen molar-refractivity contribution in [3.05, 3.63) is 34.9 Å². The molecule has 0 amide bonds. The minimum absolute atomic E-state index is 0.828. The zero-order chi connectivity index (χ0) is 15.2. The number of aryl methyl sites for hydroxylation is 1. The molecule has 120 valence electrons. The summed E-state index contributed by atoms with van der Waals surface area (Å²) in [6, 6.07) is 8.21. The molecule has 21 heavy (non-hydrogen) atoms. The maximum absolute atomic E-state index is 6.16. The molecule has 0 atom stereocenters. The molecule has 0 spiro atoms. The lowest BCUT2D eigenvalue weighted by Crippen LogP contribution is -1.87. The van der Waals surface area contributed by atoms with E-state index in [9.17, 15) is 0 Å². The lowest BCUT2D eigenvalue weighted by molar-refractivity contribution is 0.550. The fraction of sp³-hybridized carbons (Fsp3) is 0.684. The van der Waals surface area contributed by atoms with Crippen LogP contribution < -0.4 is 0 Å². The molecule has 0 bridgehead atoms. The Balaban J connectivity index is 1.84. The summed E-state index contributed by atoms with van der Waals surface area (Å²) in [6.45, 7) is 0. The molecule has 0 aromatic heterocycles. The van der Waals surface area contributed by atoms with Crippen LogP contribution in [0.1, 0.15) is 76.2 Å². The first-order valence-corrected chi connectivity index (χ1v) is 9.55. The summed E-state index contributed by atoms with van der Waals surface area (Å²) < 4.78 is 0. The van der Waals surface area contributed by atoms with Gasteiger partial charge in [0, 0.05) is 10.9 Å². The standard InChI is InChI=1S/C19H30Cl2/c20-17-13-9-7-5-3-1-2-4-6-8-10-14-18-15-11-12-16-19(18)21/h11-12,15-16H,1-10,13-14,17H2. The quantitative estimate of drug-likeness (QED) is 0.261. The fourth-order valence-electron chi connectivity index (χ4n) is 2.70. The highest BCUT2D eigenvalue weighted by atomic mass is 35.5. The fourth-order valence-corrected chi connectivity index (χ4v) is 3.12. The lowest BCUT2D eigenvalue weighted by atomic mass is 10.0. The van der Waals surface area contributed by atoms with Crippen LogP contribution in [0, 0.1) is 0 Å². The SMILES string of the molecule is ClCCCCCCCCCCCCCc1ccccc1Cl. The second kappa shape index (κ2) is 13.5. The molecule has 0 heterocycles.